The molecule has 4 nitrogen and oxygen atoms in total. The number of carbonyl (C=O) groups excluding carboxylic acids is 1. The van der Waals surface area contributed by atoms with E-state index in [2.05, 4.69) is 5.32 Å². The third kappa shape index (κ3) is 5.76. The van der Waals surface area contributed by atoms with Crippen LogP contribution in [0.4, 0.5) is 0 Å². The number of ether oxygens (including phenoxy) is 1. The summed E-state index contributed by atoms with van der Waals surface area (Å²) in [5.74, 6) is -0.440. The van der Waals surface area contributed by atoms with Crippen molar-refractivity contribution >= 4 is 35.2 Å². The van der Waals surface area contributed by atoms with Crippen molar-refractivity contribution in [3.8, 4) is 6.07 Å². The number of nitrogens with one attached hydrogen (secondary N) is 1. The Balaban J connectivity index is 2.69. The molecule has 0 aromatic heterocycles. The average molecular weight is 327 g/mol. The average Bonchev–Trinajstić information content (AvgIpc) is 2.48. The van der Waals surface area contributed by atoms with Gasteiger partial charge in [-0.05, 0) is 31.1 Å². The molecule has 6 heteroatoms. The minimum Gasteiger partial charge on any atom is -0.382 e. The summed E-state index contributed by atoms with van der Waals surface area (Å²) >= 11 is 11.9. The normalized spacial score (nSPS) is 11.0. The molecule has 1 amide bonds. The number of nitriles is 1. The van der Waals surface area contributed by atoms with E-state index in [-0.39, 0.29) is 5.57 Å². The van der Waals surface area contributed by atoms with E-state index in [0.717, 1.165) is 0 Å². The number of hydrogen-bond acceptors (Lipinski definition) is 3. The Labute approximate surface area is 134 Å². The first kappa shape index (κ1) is 17.5. The van der Waals surface area contributed by atoms with Gasteiger partial charge in [-0.1, -0.05) is 35.3 Å². The largest absolute Gasteiger partial charge is 0.382 e. The predicted molar refractivity (Wildman–Crippen MR) is 84.2 cm³/mol. The van der Waals surface area contributed by atoms with E-state index in [4.69, 9.17) is 33.2 Å². The highest BCUT2D eigenvalue weighted by Gasteiger charge is 2.10. The molecule has 0 fully saturated rings. The molecule has 1 N–H and O–H groups in total. The summed E-state index contributed by atoms with van der Waals surface area (Å²) in [6, 6.07) is 6.90. The van der Waals surface area contributed by atoms with Crippen molar-refractivity contribution in [1.82, 2.24) is 5.32 Å². The second-order valence-corrected chi connectivity index (χ2v) is 4.90. The van der Waals surface area contributed by atoms with Gasteiger partial charge in [-0.2, -0.15) is 5.26 Å². The molecule has 0 saturated carbocycles. The molecule has 0 atom stereocenters. The van der Waals surface area contributed by atoms with Gasteiger partial charge in [0.15, 0.2) is 0 Å². The van der Waals surface area contributed by atoms with Gasteiger partial charge in [-0.15, -0.1) is 0 Å². The minimum atomic E-state index is -0.440. The predicted octanol–water partition coefficient (Wildman–Crippen LogP) is 3.44. The zero-order valence-electron chi connectivity index (χ0n) is 11.7. The third-order valence-electron chi connectivity index (χ3n) is 2.60. The van der Waals surface area contributed by atoms with Gasteiger partial charge in [0.25, 0.3) is 5.91 Å². The summed E-state index contributed by atoms with van der Waals surface area (Å²) in [5.41, 5.74) is 0.515. The van der Waals surface area contributed by atoms with Crippen molar-refractivity contribution in [2.24, 2.45) is 0 Å². The summed E-state index contributed by atoms with van der Waals surface area (Å²) in [5, 5.41) is 12.4. The van der Waals surface area contributed by atoms with E-state index in [1.165, 1.54) is 6.08 Å². The summed E-state index contributed by atoms with van der Waals surface area (Å²) < 4.78 is 5.16. The lowest BCUT2D eigenvalue weighted by atomic mass is 10.1. The third-order valence-corrected chi connectivity index (χ3v) is 3.44. The fraction of sp³-hybridized carbons (Fsp3) is 0.333. The van der Waals surface area contributed by atoms with Gasteiger partial charge in [0, 0.05) is 19.8 Å². The number of benzene rings is 1. The zero-order chi connectivity index (χ0) is 15.7. The monoisotopic (exact) mass is 326 g/mol. The van der Waals surface area contributed by atoms with Crippen LogP contribution < -0.4 is 5.32 Å². The molecule has 0 unspecified atom stereocenters. The maximum atomic E-state index is 11.9. The molecule has 0 saturated heterocycles. The second kappa shape index (κ2) is 9.41. The van der Waals surface area contributed by atoms with E-state index >= 15 is 0 Å². The van der Waals surface area contributed by atoms with Crippen LogP contribution in [0.3, 0.4) is 0 Å². The highest BCUT2D eigenvalue weighted by atomic mass is 35.5. The summed E-state index contributed by atoms with van der Waals surface area (Å²) in [4.78, 5) is 11.9. The quantitative estimate of drug-likeness (QED) is 0.474. The molecule has 1 aromatic rings. The molecule has 0 spiro atoms. The van der Waals surface area contributed by atoms with Crippen LogP contribution in [-0.4, -0.2) is 25.7 Å². The number of halogens is 2. The summed E-state index contributed by atoms with van der Waals surface area (Å²) in [7, 11) is 0. The number of carbonyl (C=O) groups is 1. The molecule has 0 bridgehead atoms. The van der Waals surface area contributed by atoms with E-state index in [1.54, 1.807) is 18.2 Å². The van der Waals surface area contributed by atoms with Gasteiger partial charge in [0.2, 0.25) is 0 Å². The van der Waals surface area contributed by atoms with Gasteiger partial charge in [0.05, 0.1) is 10.0 Å². The summed E-state index contributed by atoms with van der Waals surface area (Å²) in [6.07, 6.45) is 2.11. The minimum absolute atomic E-state index is 0.0180. The Morgan fingerprint density at radius 1 is 1.48 bits per heavy atom. The van der Waals surface area contributed by atoms with Crippen molar-refractivity contribution in [3.63, 3.8) is 0 Å². The molecule has 1 rings (SSSR count). The van der Waals surface area contributed by atoms with Crippen LogP contribution in [0, 0.1) is 11.3 Å². The Morgan fingerprint density at radius 2 is 2.24 bits per heavy atom. The molecule has 112 valence electrons. The maximum Gasteiger partial charge on any atom is 0.261 e. The fourth-order valence-electron chi connectivity index (χ4n) is 1.55. The first-order valence-electron chi connectivity index (χ1n) is 6.52. The van der Waals surface area contributed by atoms with Crippen molar-refractivity contribution in [3.05, 3.63) is 39.4 Å². The first-order valence-corrected chi connectivity index (χ1v) is 7.27. The molecule has 0 radical (unpaired) electrons. The van der Waals surface area contributed by atoms with E-state index in [0.29, 0.717) is 41.8 Å². The van der Waals surface area contributed by atoms with Crippen LogP contribution in [0.25, 0.3) is 6.08 Å². The Morgan fingerprint density at radius 3 is 2.90 bits per heavy atom. The van der Waals surface area contributed by atoms with E-state index in [1.807, 2.05) is 13.0 Å². The highest BCUT2D eigenvalue weighted by molar-refractivity contribution is 6.43. The first-order chi connectivity index (χ1) is 10.1. The van der Waals surface area contributed by atoms with Gasteiger partial charge >= 0.3 is 0 Å². The lowest BCUT2D eigenvalue weighted by Crippen LogP contribution is -2.26. The van der Waals surface area contributed by atoms with Crippen LogP contribution >= 0.6 is 23.2 Å². The molecule has 21 heavy (non-hydrogen) atoms. The lowest BCUT2D eigenvalue weighted by molar-refractivity contribution is -0.117. The van der Waals surface area contributed by atoms with Crippen LogP contribution in [0.5, 0.6) is 0 Å². The van der Waals surface area contributed by atoms with Crippen LogP contribution in [0.15, 0.2) is 23.8 Å². The number of amides is 1. The molecule has 0 aliphatic rings. The number of rotatable bonds is 7. The molecular formula is C15H16Cl2N2O2. The molecule has 0 aliphatic heterocycles. The Hall–Kier alpha value is -1.54. The smallest absolute Gasteiger partial charge is 0.261 e. The van der Waals surface area contributed by atoms with E-state index in [9.17, 15) is 4.79 Å². The zero-order valence-corrected chi connectivity index (χ0v) is 13.2. The van der Waals surface area contributed by atoms with Gasteiger partial charge in [-0.25, -0.2) is 0 Å². The van der Waals surface area contributed by atoms with Gasteiger partial charge in [-0.3, -0.25) is 4.79 Å². The van der Waals surface area contributed by atoms with E-state index < -0.39 is 5.91 Å². The Bertz CT molecular complexity index is 565. The van der Waals surface area contributed by atoms with Crippen LogP contribution in [0.2, 0.25) is 10.0 Å². The summed E-state index contributed by atoms with van der Waals surface area (Å²) in [6.45, 7) is 3.57. The SMILES string of the molecule is CCOCCCNC(=O)/C(C#N)=C/c1cccc(Cl)c1Cl. The standard InChI is InChI=1S/C15H16Cl2N2O2/c1-2-21-8-4-7-19-15(20)12(10-18)9-11-5-3-6-13(16)14(11)17/h3,5-6,9H,2,4,7-8H2,1H3,(H,19,20)/b12-9+. The lowest BCUT2D eigenvalue weighted by Gasteiger charge is -2.05. The molecular weight excluding hydrogens is 311 g/mol. The molecule has 0 heterocycles. The number of nitrogens with zero attached hydrogens (tertiary/aromatic N) is 1. The van der Waals surface area contributed by atoms with Crippen molar-refractivity contribution < 1.29 is 9.53 Å². The number of hydrogen-bond donors (Lipinski definition) is 1. The maximum absolute atomic E-state index is 11.9. The topological polar surface area (TPSA) is 62.1 Å². The Kier molecular flexibility index (Phi) is 7.84. The van der Waals surface area contributed by atoms with Gasteiger partial charge in [0.1, 0.15) is 11.6 Å². The second-order valence-electron chi connectivity index (χ2n) is 4.12. The van der Waals surface area contributed by atoms with Crippen molar-refractivity contribution in [2.45, 2.75) is 13.3 Å². The highest BCUT2D eigenvalue weighted by Crippen LogP contribution is 2.27. The van der Waals surface area contributed by atoms with Crippen molar-refractivity contribution in [1.29, 1.82) is 5.26 Å². The molecule has 1 aromatic carbocycles. The van der Waals surface area contributed by atoms with Crippen LogP contribution in [0.1, 0.15) is 18.9 Å². The fourth-order valence-corrected chi connectivity index (χ4v) is 1.91. The van der Waals surface area contributed by atoms with Crippen molar-refractivity contribution in [2.75, 3.05) is 19.8 Å². The van der Waals surface area contributed by atoms with Gasteiger partial charge < -0.3 is 10.1 Å². The molecule has 0 aliphatic carbocycles. The van der Waals surface area contributed by atoms with Crippen LogP contribution in [-0.2, 0) is 9.53 Å².